The van der Waals surface area contributed by atoms with Gasteiger partial charge >= 0.3 is 0 Å². The largest absolute Gasteiger partial charge is 0.493 e. The number of hydrogen-bond acceptors (Lipinski definition) is 8. The number of ether oxygens (including phenoxy) is 1. The summed E-state index contributed by atoms with van der Waals surface area (Å²) in [6.45, 7) is 6.64. The highest BCUT2D eigenvalue weighted by molar-refractivity contribution is 5.96. The summed E-state index contributed by atoms with van der Waals surface area (Å²) in [4.78, 5) is 35.4. The van der Waals surface area contributed by atoms with Crippen molar-refractivity contribution in [1.29, 1.82) is 0 Å². The number of aromatic nitrogens is 2. The van der Waals surface area contributed by atoms with E-state index in [0.29, 0.717) is 43.2 Å². The summed E-state index contributed by atoms with van der Waals surface area (Å²) in [5.41, 5.74) is 7.22. The van der Waals surface area contributed by atoms with Gasteiger partial charge in [-0.25, -0.2) is 9.97 Å². The molecule has 1 aliphatic rings. The fourth-order valence-corrected chi connectivity index (χ4v) is 3.70. The first kappa shape index (κ1) is 25.2. The third-order valence-electron chi connectivity index (χ3n) is 5.73. The normalized spacial score (nSPS) is 14.0. The molecule has 2 aromatic rings. The predicted octanol–water partition coefficient (Wildman–Crippen LogP) is 1.97. The van der Waals surface area contributed by atoms with Crippen molar-refractivity contribution in [3.63, 3.8) is 0 Å². The average Bonchev–Trinajstić information content (AvgIpc) is 3.38. The Morgan fingerprint density at radius 2 is 2.00 bits per heavy atom. The van der Waals surface area contributed by atoms with Crippen LogP contribution in [0.3, 0.4) is 0 Å². The maximum Gasteiger partial charge on any atom is 0.271 e. The van der Waals surface area contributed by atoms with E-state index in [0.717, 1.165) is 37.4 Å². The molecule has 0 spiro atoms. The van der Waals surface area contributed by atoms with E-state index >= 15 is 0 Å². The Labute approximate surface area is 200 Å². The lowest BCUT2D eigenvalue weighted by Crippen LogP contribution is -2.40. The van der Waals surface area contributed by atoms with Gasteiger partial charge in [-0.2, -0.15) is 0 Å². The number of hydrogen-bond donors (Lipinski definition) is 4. The van der Waals surface area contributed by atoms with Gasteiger partial charge in [-0.1, -0.05) is 13.0 Å². The van der Waals surface area contributed by atoms with E-state index < -0.39 is 5.91 Å². The first-order chi connectivity index (χ1) is 16.4. The van der Waals surface area contributed by atoms with Crippen LogP contribution < -0.4 is 31.3 Å². The van der Waals surface area contributed by atoms with Crippen LogP contribution in [0.15, 0.2) is 24.3 Å². The summed E-state index contributed by atoms with van der Waals surface area (Å²) >= 11 is 0. The molecule has 10 nitrogen and oxygen atoms in total. The van der Waals surface area contributed by atoms with Gasteiger partial charge in [0.05, 0.1) is 18.3 Å². The Hall–Kier alpha value is -3.40. The lowest BCUT2D eigenvalue weighted by molar-refractivity contribution is -0.122. The monoisotopic (exact) mass is 469 g/mol. The minimum atomic E-state index is -0.625. The number of nitrogens with zero attached hydrogens (tertiary/aromatic N) is 3. The molecule has 1 fully saturated rings. The van der Waals surface area contributed by atoms with Crippen LogP contribution >= 0.6 is 0 Å². The summed E-state index contributed by atoms with van der Waals surface area (Å²) in [7, 11) is 1.75. The second-order valence-corrected chi connectivity index (χ2v) is 8.26. The Morgan fingerprint density at radius 1 is 1.24 bits per heavy atom. The molecule has 0 unspecified atom stereocenters. The van der Waals surface area contributed by atoms with Crippen LogP contribution in [-0.4, -0.2) is 61.1 Å². The van der Waals surface area contributed by atoms with E-state index in [1.807, 2.05) is 38.1 Å². The highest BCUT2D eigenvalue weighted by atomic mass is 16.5. The van der Waals surface area contributed by atoms with Crippen LogP contribution in [0, 0.1) is 0 Å². The smallest absolute Gasteiger partial charge is 0.271 e. The maximum absolute atomic E-state index is 12.1. The van der Waals surface area contributed by atoms with E-state index in [1.165, 1.54) is 0 Å². The number of primary amides is 1. The molecule has 1 aromatic carbocycles. The summed E-state index contributed by atoms with van der Waals surface area (Å²) < 4.78 is 5.83. The lowest BCUT2D eigenvalue weighted by atomic mass is 10.2. The van der Waals surface area contributed by atoms with Crippen molar-refractivity contribution in [2.75, 3.05) is 43.5 Å². The second-order valence-electron chi connectivity index (χ2n) is 8.26. The van der Waals surface area contributed by atoms with Gasteiger partial charge in [0.25, 0.3) is 5.91 Å². The van der Waals surface area contributed by atoms with E-state index in [4.69, 9.17) is 15.5 Å². The molecule has 1 aromatic heterocycles. The molecule has 5 N–H and O–H groups in total. The van der Waals surface area contributed by atoms with Gasteiger partial charge in [0.1, 0.15) is 5.75 Å². The highest BCUT2D eigenvalue weighted by Gasteiger charge is 2.22. The van der Waals surface area contributed by atoms with Gasteiger partial charge in [0, 0.05) is 31.4 Å². The fourth-order valence-electron chi connectivity index (χ4n) is 3.70. The molecule has 0 aliphatic carbocycles. The summed E-state index contributed by atoms with van der Waals surface area (Å²) in [6.07, 6.45) is 3.57. The number of nitrogens with two attached hydrogens (primary N) is 1. The molecule has 10 heteroatoms. The van der Waals surface area contributed by atoms with Crippen molar-refractivity contribution >= 4 is 29.1 Å². The van der Waals surface area contributed by atoms with E-state index in [2.05, 4.69) is 25.8 Å². The number of aryl methyl sites for hydroxylation is 1. The van der Waals surface area contributed by atoms with Crippen molar-refractivity contribution in [2.24, 2.45) is 5.73 Å². The lowest BCUT2D eigenvalue weighted by Gasteiger charge is -2.21. The Bertz CT molecular complexity index is 993. The quantitative estimate of drug-likeness (QED) is 0.347. The molecular formula is C24H35N7O3. The SMILES string of the molecule is CCc1nc(C(N)=O)c(Nc2cccc(OCCCNC(=O)[C@H](C)NC)c2)nc1N1CCCC1. The molecule has 2 heterocycles. The van der Waals surface area contributed by atoms with Gasteiger partial charge in [-0.05, 0) is 51.8 Å². The molecule has 0 radical (unpaired) electrons. The number of rotatable bonds is 12. The highest BCUT2D eigenvalue weighted by Crippen LogP contribution is 2.28. The number of carbonyl (C=O) groups is 2. The Kier molecular flexibility index (Phi) is 9.03. The molecule has 3 rings (SSSR count). The zero-order valence-electron chi connectivity index (χ0n) is 20.2. The van der Waals surface area contributed by atoms with E-state index in [1.54, 1.807) is 7.05 Å². The molecule has 1 atom stereocenters. The zero-order valence-corrected chi connectivity index (χ0v) is 20.2. The molecule has 184 valence electrons. The van der Waals surface area contributed by atoms with Crippen molar-refractivity contribution in [3.8, 4) is 5.75 Å². The van der Waals surface area contributed by atoms with Crippen LogP contribution in [0.2, 0.25) is 0 Å². The first-order valence-electron chi connectivity index (χ1n) is 11.8. The summed E-state index contributed by atoms with van der Waals surface area (Å²) in [5.74, 6) is 1.14. The maximum atomic E-state index is 12.1. The number of anilines is 3. The van der Waals surface area contributed by atoms with E-state index in [-0.39, 0.29) is 17.6 Å². The molecular weight excluding hydrogens is 434 g/mol. The number of carbonyl (C=O) groups excluding carboxylic acids is 2. The van der Waals surface area contributed by atoms with Gasteiger partial charge in [-0.15, -0.1) is 0 Å². The number of nitrogens with one attached hydrogen (secondary N) is 3. The number of benzene rings is 1. The van der Waals surface area contributed by atoms with Crippen LogP contribution in [0.25, 0.3) is 0 Å². The average molecular weight is 470 g/mol. The Morgan fingerprint density at radius 3 is 2.68 bits per heavy atom. The minimum absolute atomic E-state index is 0.0394. The van der Waals surface area contributed by atoms with E-state index in [9.17, 15) is 9.59 Å². The Balaban J connectivity index is 1.67. The van der Waals surface area contributed by atoms with Crippen molar-refractivity contribution in [2.45, 2.75) is 45.6 Å². The minimum Gasteiger partial charge on any atom is -0.493 e. The second kappa shape index (κ2) is 12.2. The third kappa shape index (κ3) is 6.57. The van der Waals surface area contributed by atoms with Crippen molar-refractivity contribution in [3.05, 3.63) is 35.7 Å². The molecule has 0 bridgehead atoms. The number of likely N-dealkylation sites (N-methyl/N-ethyl adjacent to an activating group) is 1. The molecule has 2 amide bonds. The molecule has 0 saturated carbocycles. The first-order valence-corrected chi connectivity index (χ1v) is 11.8. The fraction of sp³-hybridized carbons (Fsp3) is 0.500. The summed E-state index contributed by atoms with van der Waals surface area (Å²) in [6, 6.07) is 7.17. The molecule has 34 heavy (non-hydrogen) atoms. The molecule has 1 saturated heterocycles. The molecule has 1 aliphatic heterocycles. The number of amides is 2. The topological polar surface area (TPSA) is 134 Å². The van der Waals surface area contributed by atoms with Crippen LogP contribution in [0.4, 0.5) is 17.3 Å². The van der Waals surface area contributed by atoms with Gasteiger partial charge < -0.3 is 31.3 Å². The standard InChI is InChI=1S/C24H35N7O3/c1-4-19-23(31-12-5-6-13-31)30-22(20(29-19)21(25)32)28-17-9-7-10-18(15-17)34-14-8-11-27-24(33)16(2)26-3/h7,9-10,15-16,26H,4-6,8,11-14H2,1-3H3,(H2,25,32)(H,27,33)(H,28,30)/t16-/m0/s1. The van der Waals surface area contributed by atoms with Crippen LogP contribution in [0.1, 0.15) is 49.3 Å². The third-order valence-corrected chi connectivity index (χ3v) is 5.73. The van der Waals surface area contributed by atoms with Crippen molar-refractivity contribution < 1.29 is 14.3 Å². The summed E-state index contributed by atoms with van der Waals surface area (Å²) in [5, 5.41) is 8.96. The zero-order chi connectivity index (χ0) is 24.5. The van der Waals surface area contributed by atoms with Crippen molar-refractivity contribution in [1.82, 2.24) is 20.6 Å². The van der Waals surface area contributed by atoms with Gasteiger partial charge in [-0.3, -0.25) is 9.59 Å². The van der Waals surface area contributed by atoms with Gasteiger partial charge in [0.2, 0.25) is 5.91 Å². The predicted molar refractivity (Wildman–Crippen MR) is 133 cm³/mol. The van der Waals surface area contributed by atoms with Crippen LogP contribution in [-0.2, 0) is 11.2 Å². The van der Waals surface area contributed by atoms with Gasteiger partial charge in [0.15, 0.2) is 17.3 Å². The van der Waals surface area contributed by atoms with Crippen LogP contribution in [0.5, 0.6) is 5.75 Å².